The summed E-state index contributed by atoms with van der Waals surface area (Å²) in [5, 5.41) is 6.77. The van der Waals surface area contributed by atoms with Gasteiger partial charge in [0.05, 0.1) is 13.1 Å². The third-order valence-corrected chi connectivity index (χ3v) is 5.32. The maximum absolute atomic E-state index is 5.88. The van der Waals surface area contributed by atoms with Gasteiger partial charge in [0, 0.05) is 21.2 Å². The molecule has 1 heterocycles. The van der Waals surface area contributed by atoms with Crippen LogP contribution in [0.4, 0.5) is 11.4 Å². The molecule has 0 aliphatic rings. The molecule has 0 radical (unpaired) electrons. The highest BCUT2D eigenvalue weighted by Crippen LogP contribution is 2.20. The van der Waals surface area contributed by atoms with Crippen molar-refractivity contribution in [3.05, 3.63) is 72.2 Å². The molecule has 3 rings (SSSR count). The van der Waals surface area contributed by atoms with Crippen molar-refractivity contribution in [3.8, 4) is 0 Å². The van der Waals surface area contributed by atoms with Gasteiger partial charge >= 0.3 is 0 Å². The average molecular weight is 371 g/mol. The minimum atomic E-state index is 0.682. The Bertz CT molecular complexity index is 716. The third-order valence-electron chi connectivity index (χ3n) is 3.83. The number of anilines is 2. The highest BCUT2D eigenvalue weighted by atomic mass is 32.2. The van der Waals surface area contributed by atoms with E-state index in [1.54, 1.807) is 23.5 Å². The van der Waals surface area contributed by atoms with Gasteiger partial charge in [0.2, 0.25) is 0 Å². The number of rotatable bonds is 8. The van der Waals surface area contributed by atoms with Gasteiger partial charge in [0.1, 0.15) is 11.5 Å². The number of thioether (sulfide) groups is 2. The number of furan rings is 1. The molecule has 0 atom stereocenters. The van der Waals surface area contributed by atoms with Gasteiger partial charge in [0.25, 0.3) is 0 Å². The average Bonchev–Trinajstić information content (AvgIpc) is 3.13. The molecule has 3 aromatic rings. The summed E-state index contributed by atoms with van der Waals surface area (Å²) in [6, 6.07) is 20.9. The summed E-state index contributed by atoms with van der Waals surface area (Å²) in [5.41, 5.74) is 2.20. The smallest absolute Gasteiger partial charge is 0.123 e. The van der Waals surface area contributed by atoms with Crippen LogP contribution in [0.3, 0.4) is 0 Å². The number of hydrogen-bond donors (Lipinski definition) is 2. The quantitative estimate of drug-likeness (QED) is 0.479. The van der Waals surface area contributed by atoms with Gasteiger partial charge in [-0.1, -0.05) is 0 Å². The molecule has 2 N–H and O–H groups in total. The summed E-state index contributed by atoms with van der Waals surface area (Å²) in [5.74, 6) is 1.87. The van der Waals surface area contributed by atoms with E-state index in [1.807, 2.05) is 12.1 Å². The van der Waals surface area contributed by atoms with Gasteiger partial charge in [-0.25, -0.2) is 0 Å². The fourth-order valence-electron chi connectivity index (χ4n) is 2.41. The Balaban J connectivity index is 1.49. The van der Waals surface area contributed by atoms with Crippen LogP contribution in [-0.2, 0) is 13.1 Å². The van der Waals surface area contributed by atoms with Gasteiger partial charge in [-0.15, -0.1) is 23.5 Å². The molecule has 3 nitrogen and oxygen atoms in total. The maximum Gasteiger partial charge on any atom is 0.123 e. The van der Waals surface area contributed by atoms with Crippen LogP contribution in [0, 0.1) is 0 Å². The van der Waals surface area contributed by atoms with E-state index in [1.165, 1.54) is 9.79 Å². The second-order valence-corrected chi connectivity index (χ2v) is 7.29. The van der Waals surface area contributed by atoms with Gasteiger partial charge in [0.15, 0.2) is 0 Å². The highest BCUT2D eigenvalue weighted by molar-refractivity contribution is 7.98. The molecule has 0 aliphatic carbocycles. The summed E-state index contributed by atoms with van der Waals surface area (Å²) < 4.78 is 5.88. The lowest BCUT2D eigenvalue weighted by atomic mass is 10.3. The van der Waals surface area contributed by atoms with Crippen LogP contribution in [0.1, 0.15) is 11.5 Å². The predicted molar refractivity (Wildman–Crippen MR) is 110 cm³/mol. The molecule has 2 aromatic carbocycles. The zero-order valence-electron chi connectivity index (χ0n) is 14.4. The minimum Gasteiger partial charge on any atom is -0.462 e. The molecule has 0 aliphatic heterocycles. The molecule has 0 amide bonds. The predicted octanol–water partition coefficient (Wildman–Crippen LogP) is 5.95. The Morgan fingerprint density at radius 2 is 1.04 bits per heavy atom. The molecule has 130 valence electrons. The number of benzene rings is 2. The molecule has 5 heteroatoms. The maximum atomic E-state index is 5.88. The monoisotopic (exact) mass is 370 g/mol. The van der Waals surface area contributed by atoms with E-state index in [4.69, 9.17) is 4.42 Å². The lowest BCUT2D eigenvalue weighted by Crippen LogP contribution is -1.99. The lowest BCUT2D eigenvalue weighted by molar-refractivity contribution is 0.477. The lowest BCUT2D eigenvalue weighted by Gasteiger charge is -2.06. The van der Waals surface area contributed by atoms with E-state index in [2.05, 4.69) is 71.7 Å². The highest BCUT2D eigenvalue weighted by Gasteiger charge is 2.03. The van der Waals surface area contributed by atoms with E-state index < -0.39 is 0 Å². The summed E-state index contributed by atoms with van der Waals surface area (Å²) >= 11 is 3.49. The first-order valence-electron chi connectivity index (χ1n) is 8.10. The van der Waals surface area contributed by atoms with E-state index in [-0.39, 0.29) is 0 Å². The molecule has 0 bridgehead atoms. The largest absolute Gasteiger partial charge is 0.462 e. The van der Waals surface area contributed by atoms with Gasteiger partial charge in [-0.05, 0) is 73.2 Å². The van der Waals surface area contributed by atoms with Crippen molar-refractivity contribution in [1.29, 1.82) is 0 Å². The Labute approximate surface area is 157 Å². The van der Waals surface area contributed by atoms with Gasteiger partial charge in [-0.3, -0.25) is 0 Å². The normalized spacial score (nSPS) is 10.6. The second kappa shape index (κ2) is 8.92. The zero-order chi connectivity index (χ0) is 17.5. The van der Waals surface area contributed by atoms with Crippen LogP contribution in [0.5, 0.6) is 0 Å². The molecule has 0 saturated heterocycles. The van der Waals surface area contributed by atoms with Crippen molar-refractivity contribution in [2.75, 3.05) is 23.1 Å². The first-order valence-corrected chi connectivity index (χ1v) is 10.6. The van der Waals surface area contributed by atoms with Crippen molar-refractivity contribution < 1.29 is 4.42 Å². The Hall–Kier alpha value is -1.98. The molecular formula is C20H22N2OS2. The van der Waals surface area contributed by atoms with Crippen LogP contribution in [0.25, 0.3) is 0 Å². The summed E-state index contributed by atoms with van der Waals surface area (Å²) in [6.45, 7) is 1.36. The van der Waals surface area contributed by atoms with Crippen LogP contribution in [0.2, 0.25) is 0 Å². The van der Waals surface area contributed by atoms with Crippen LogP contribution < -0.4 is 10.6 Å². The van der Waals surface area contributed by atoms with Crippen LogP contribution >= 0.6 is 23.5 Å². The molecule has 1 aromatic heterocycles. The first kappa shape index (κ1) is 17.8. The first-order chi connectivity index (χ1) is 12.3. The van der Waals surface area contributed by atoms with Crippen LogP contribution in [-0.4, -0.2) is 12.5 Å². The Morgan fingerprint density at radius 1 is 0.640 bits per heavy atom. The van der Waals surface area contributed by atoms with Crippen molar-refractivity contribution >= 4 is 34.9 Å². The molecule has 0 fully saturated rings. The topological polar surface area (TPSA) is 37.2 Å². The standard InChI is InChI=1S/C20H22N2OS2/c1-24-19-9-3-15(4-10-19)21-13-17-7-8-18(23-17)14-22-16-5-11-20(25-2)12-6-16/h3-12,21-22H,13-14H2,1-2H3. The van der Waals surface area contributed by atoms with E-state index in [0.29, 0.717) is 13.1 Å². The fourth-order valence-corrected chi connectivity index (χ4v) is 3.22. The van der Waals surface area contributed by atoms with Crippen molar-refractivity contribution in [3.63, 3.8) is 0 Å². The van der Waals surface area contributed by atoms with Crippen molar-refractivity contribution in [2.24, 2.45) is 0 Å². The van der Waals surface area contributed by atoms with E-state index in [9.17, 15) is 0 Å². The van der Waals surface area contributed by atoms with E-state index in [0.717, 1.165) is 22.9 Å². The summed E-state index contributed by atoms with van der Waals surface area (Å²) in [7, 11) is 0. The van der Waals surface area contributed by atoms with Crippen molar-refractivity contribution in [2.45, 2.75) is 22.9 Å². The Morgan fingerprint density at radius 3 is 1.40 bits per heavy atom. The summed E-state index contributed by atoms with van der Waals surface area (Å²) in [4.78, 5) is 2.53. The zero-order valence-corrected chi connectivity index (χ0v) is 16.0. The number of hydrogen-bond acceptors (Lipinski definition) is 5. The van der Waals surface area contributed by atoms with Gasteiger partial charge in [-0.2, -0.15) is 0 Å². The van der Waals surface area contributed by atoms with Crippen LogP contribution in [0.15, 0.2) is 74.9 Å². The number of nitrogens with one attached hydrogen (secondary N) is 2. The Kier molecular flexibility index (Phi) is 6.36. The molecular weight excluding hydrogens is 348 g/mol. The van der Waals surface area contributed by atoms with Gasteiger partial charge < -0.3 is 15.1 Å². The van der Waals surface area contributed by atoms with E-state index >= 15 is 0 Å². The minimum absolute atomic E-state index is 0.682. The second-order valence-electron chi connectivity index (χ2n) is 5.53. The SMILES string of the molecule is CSc1ccc(NCc2ccc(CNc3ccc(SC)cc3)o2)cc1. The summed E-state index contributed by atoms with van der Waals surface area (Å²) in [6.07, 6.45) is 4.16. The molecule has 0 saturated carbocycles. The van der Waals surface area contributed by atoms with Crippen molar-refractivity contribution in [1.82, 2.24) is 0 Å². The fraction of sp³-hybridized carbons (Fsp3) is 0.200. The molecule has 0 unspecified atom stereocenters. The molecule has 0 spiro atoms. The molecule has 25 heavy (non-hydrogen) atoms. The third kappa shape index (κ3) is 5.25.